The number of aliphatic hydroxyl groups excluding tert-OH is 1. The van der Waals surface area contributed by atoms with Gasteiger partial charge >= 0.3 is 39.5 Å². The molecular weight excluding hydrogens is 1400 g/mol. The molecule has 2 unspecified atom stereocenters. The molecule has 0 bridgehead atoms. The zero-order valence-corrected chi connectivity index (χ0v) is 69.3. The number of hydrogen-bond donors (Lipinski definition) is 3. The van der Waals surface area contributed by atoms with Gasteiger partial charge in [0, 0.05) is 25.7 Å². The van der Waals surface area contributed by atoms with Gasteiger partial charge in [0.1, 0.15) is 19.3 Å². The normalized spacial score (nSPS) is 14.6. The van der Waals surface area contributed by atoms with E-state index in [1.807, 2.05) is 36.5 Å². The van der Waals surface area contributed by atoms with Crippen molar-refractivity contribution < 1.29 is 80.2 Å². The number of ether oxygens (including phenoxy) is 4. The van der Waals surface area contributed by atoms with Crippen molar-refractivity contribution in [2.24, 2.45) is 0 Å². The Morgan fingerprint density at radius 3 is 0.852 bits per heavy atom. The van der Waals surface area contributed by atoms with Crippen LogP contribution in [0.2, 0.25) is 0 Å². The lowest BCUT2D eigenvalue weighted by molar-refractivity contribution is -0.161. The molecule has 0 spiro atoms. The smallest absolute Gasteiger partial charge is 0.462 e. The molecule has 0 aliphatic heterocycles. The average Bonchev–Trinajstić information content (AvgIpc) is 0.914. The third-order valence-corrected chi connectivity index (χ3v) is 18.9. The first-order valence-electron chi connectivity index (χ1n) is 41.7. The number of esters is 4. The molecule has 3 N–H and O–H groups in total. The standard InChI is InChI=1S/C89H148O17P2/c1-5-9-13-17-21-25-29-33-37-39-41-43-47-50-54-58-62-66-70-74-87(92)100-80-84(105-88(93)75-71-67-63-59-55-51-46-36-32-28-24-20-16-12-8-4)81-103-107(95,96)101-77-83(90)78-102-108(97,98)104-82-85(79-99-86(91)73-69-65-61-57-53-49-45-35-31-27-23-19-15-11-7-3)106-89(94)76-72-68-64-60-56-52-48-44-42-40-38-34-30-26-22-18-14-10-6-2/h9,13,21-22,25-26,28,32-35,37-38,41-45,50,52,54,56,62,64,66,68,83-85,90H,5-8,10-12,14-20,23-24,27,29-31,36,39-40,46-49,51,53,55,57-61,63,65,67,69-82H2,1-4H3,(H,95,96)(H,97,98)/b13-9-,25-21-,26-22-,32-28-,37-33-,38-34-,43-41-,44-42-,45-35-,54-50-,56-52-,66-62-,68-64-/t83-,84-,85-/m1/s1. The molecule has 0 amide bonds. The second-order valence-corrected chi connectivity index (χ2v) is 30.2. The Morgan fingerprint density at radius 2 is 0.500 bits per heavy atom. The van der Waals surface area contributed by atoms with Gasteiger partial charge in [0.15, 0.2) is 12.2 Å². The predicted molar refractivity (Wildman–Crippen MR) is 445 cm³/mol. The van der Waals surface area contributed by atoms with Gasteiger partial charge in [0.25, 0.3) is 0 Å². The van der Waals surface area contributed by atoms with Crippen LogP contribution in [0.15, 0.2) is 158 Å². The van der Waals surface area contributed by atoms with Gasteiger partial charge in [-0.2, -0.15) is 0 Å². The van der Waals surface area contributed by atoms with Crippen LogP contribution in [0.1, 0.15) is 323 Å². The van der Waals surface area contributed by atoms with E-state index in [-0.39, 0.29) is 25.7 Å². The number of hydrogen-bond acceptors (Lipinski definition) is 15. The number of phosphoric ester groups is 2. The number of carbonyl (C=O) groups excluding carboxylic acids is 4. The van der Waals surface area contributed by atoms with Crippen LogP contribution in [0.5, 0.6) is 0 Å². The van der Waals surface area contributed by atoms with Gasteiger partial charge in [-0.3, -0.25) is 37.3 Å². The van der Waals surface area contributed by atoms with E-state index in [1.165, 1.54) is 83.5 Å². The van der Waals surface area contributed by atoms with Crippen LogP contribution < -0.4 is 0 Å². The summed E-state index contributed by atoms with van der Waals surface area (Å²) in [6.07, 6.45) is 93.9. The highest BCUT2D eigenvalue weighted by Crippen LogP contribution is 2.45. The molecule has 616 valence electrons. The maximum Gasteiger partial charge on any atom is 0.472 e. The van der Waals surface area contributed by atoms with Gasteiger partial charge in [-0.05, 0) is 154 Å². The lowest BCUT2D eigenvalue weighted by Gasteiger charge is -2.21. The van der Waals surface area contributed by atoms with Gasteiger partial charge in [-0.1, -0.05) is 301 Å². The summed E-state index contributed by atoms with van der Waals surface area (Å²) in [5.74, 6) is -2.39. The Morgan fingerprint density at radius 1 is 0.269 bits per heavy atom. The summed E-state index contributed by atoms with van der Waals surface area (Å²) in [6.45, 7) is 4.54. The first-order chi connectivity index (χ1) is 52.7. The largest absolute Gasteiger partial charge is 0.472 e. The molecule has 0 aromatic carbocycles. The monoisotopic (exact) mass is 1550 g/mol. The van der Waals surface area contributed by atoms with Crippen molar-refractivity contribution >= 4 is 39.5 Å². The Kier molecular flexibility index (Phi) is 75.8. The Balaban J connectivity index is 5.51. The second-order valence-electron chi connectivity index (χ2n) is 27.3. The highest BCUT2D eigenvalue weighted by molar-refractivity contribution is 7.47. The lowest BCUT2D eigenvalue weighted by atomic mass is 10.1. The van der Waals surface area contributed by atoms with E-state index < -0.39 is 97.5 Å². The summed E-state index contributed by atoms with van der Waals surface area (Å²) < 4.78 is 68.5. The fraction of sp³-hybridized carbons (Fsp3) is 0.663. The van der Waals surface area contributed by atoms with Gasteiger partial charge < -0.3 is 33.8 Å². The highest BCUT2D eigenvalue weighted by Gasteiger charge is 2.30. The minimum absolute atomic E-state index is 0.0295. The van der Waals surface area contributed by atoms with Crippen molar-refractivity contribution in [2.75, 3.05) is 39.6 Å². The molecule has 108 heavy (non-hydrogen) atoms. The summed E-state index contributed by atoms with van der Waals surface area (Å²) >= 11 is 0. The minimum atomic E-state index is -5.01. The highest BCUT2D eigenvalue weighted by atomic mass is 31.2. The van der Waals surface area contributed by atoms with Gasteiger partial charge in [0.2, 0.25) is 0 Å². The molecule has 0 saturated heterocycles. The van der Waals surface area contributed by atoms with Crippen LogP contribution in [-0.2, 0) is 65.4 Å². The molecule has 19 heteroatoms. The molecule has 17 nitrogen and oxygen atoms in total. The van der Waals surface area contributed by atoms with Gasteiger partial charge in [0.05, 0.1) is 26.4 Å². The number of phosphoric acid groups is 2. The Labute approximate surface area is 655 Å². The lowest BCUT2D eigenvalue weighted by Crippen LogP contribution is -2.30. The van der Waals surface area contributed by atoms with E-state index in [4.69, 9.17) is 37.0 Å². The summed E-state index contributed by atoms with van der Waals surface area (Å²) in [5, 5.41) is 10.7. The molecule has 0 fully saturated rings. The second kappa shape index (κ2) is 79.8. The molecule has 0 heterocycles. The summed E-state index contributed by atoms with van der Waals surface area (Å²) in [4.78, 5) is 73.1. The van der Waals surface area contributed by atoms with Gasteiger partial charge in [-0.15, -0.1) is 0 Å². The minimum Gasteiger partial charge on any atom is -0.462 e. The van der Waals surface area contributed by atoms with E-state index >= 15 is 0 Å². The molecule has 0 aromatic heterocycles. The van der Waals surface area contributed by atoms with E-state index in [0.717, 1.165) is 148 Å². The van der Waals surface area contributed by atoms with Crippen molar-refractivity contribution in [1.29, 1.82) is 0 Å². The summed E-state index contributed by atoms with van der Waals surface area (Å²) in [7, 11) is -10.0. The van der Waals surface area contributed by atoms with Crippen LogP contribution in [0.3, 0.4) is 0 Å². The predicted octanol–water partition coefficient (Wildman–Crippen LogP) is 24.8. The zero-order valence-electron chi connectivity index (χ0n) is 67.5. The quantitative estimate of drug-likeness (QED) is 0.0169. The number of allylic oxidation sites excluding steroid dienone is 26. The maximum atomic E-state index is 13.1. The average molecular weight is 1550 g/mol. The van der Waals surface area contributed by atoms with E-state index in [9.17, 15) is 43.2 Å². The topological polar surface area (TPSA) is 237 Å². The third kappa shape index (κ3) is 78.8. The van der Waals surface area contributed by atoms with Crippen molar-refractivity contribution in [3.05, 3.63) is 158 Å². The van der Waals surface area contributed by atoms with Crippen LogP contribution in [0.4, 0.5) is 0 Å². The Hall–Kier alpha value is -5.32. The van der Waals surface area contributed by atoms with Crippen LogP contribution in [-0.4, -0.2) is 96.7 Å². The first kappa shape index (κ1) is 103. The van der Waals surface area contributed by atoms with Crippen molar-refractivity contribution in [3.8, 4) is 0 Å². The fourth-order valence-corrected chi connectivity index (χ4v) is 12.2. The van der Waals surface area contributed by atoms with Crippen LogP contribution >= 0.6 is 15.6 Å². The molecule has 0 aromatic rings. The van der Waals surface area contributed by atoms with Crippen molar-refractivity contribution in [2.45, 2.75) is 341 Å². The molecule has 0 aliphatic carbocycles. The fourth-order valence-electron chi connectivity index (χ4n) is 10.6. The maximum absolute atomic E-state index is 13.1. The van der Waals surface area contributed by atoms with Gasteiger partial charge in [-0.25, -0.2) is 9.13 Å². The first-order valence-corrected chi connectivity index (χ1v) is 44.7. The molecule has 0 aliphatic rings. The molecule has 0 rings (SSSR count). The van der Waals surface area contributed by atoms with E-state index in [1.54, 1.807) is 0 Å². The number of carbonyl (C=O) groups is 4. The zero-order chi connectivity index (χ0) is 78.9. The SMILES string of the molecule is CC/C=C\C/C=C\C/C=C\C/C=C\C/C=C\C/C=C\CCC(=O)OC[C@H](COP(=O)(O)OC[C@@H](O)COP(=O)(O)OC[C@@H](COC(=O)CCCCCCC/C=C\CCCCCCCC)OC(=O)CC/C=C\C/C=C\C/C=C\C/C=C\C/C=C\CCCCC)OC(=O)CCCCCCCCC/C=C\CCCCCC. The molecule has 0 saturated carbocycles. The molecular formula is C89H148O17P2. The van der Waals surface area contributed by atoms with Crippen molar-refractivity contribution in [3.63, 3.8) is 0 Å². The van der Waals surface area contributed by atoms with E-state index in [2.05, 4.69) is 149 Å². The summed E-state index contributed by atoms with van der Waals surface area (Å²) in [6, 6.07) is 0. The van der Waals surface area contributed by atoms with Crippen LogP contribution in [0, 0.1) is 0 Å². The summed E-state index contributed by atoms with van der Waals surface area (Å²) in [5.41, 5.74) is 0. The molecule has 5 atom stereocenters. The van der Waals surface area contributed by atoms with E-state index in [0.29, 0.717) is 38.5 Å². The number of rotatable bonds is 77. The molecule has 0 radical (unpaired) electrons. The number of unbranched alkanes of at least 4 members (excludes halogenated alkanes) is 25. The van der Waals surface area contributed by atoms with Crippen molar-refractivity contribution in [1.82, 2.24) is 0 Å². The van der Waals surface area contributed by atoms with Crippen LogP contribution in [0.25, 0.3) is 0 Å². The Bertz CT molecular complexity index is 2660. The third-order valence-electron chi connectivity index (χ3n) is 17.0. The number of aliphatic hydroxyl groups is 1.